The normalized spacial score (nSPS) is 18.2. The molecule has 1 aromatic rings. The summed E-state index contributed by atoms with van der Waals surface area (Å²) in [5.41, 5.74) is 5.44. The van der Waals surface area contributed by atoms with Gasteiger partial charge in [-0.1, -0.05) is 0 Å². The van der Waals surface area contributed by atoms with Gasteiger partial charge in [-0.3, -0.25) is 0 Å². The Balaban J connectivity index is 1.93. The summed E-state index contributed by atoms with van der Waals surface area (Å²) in [6.45, 7) is 2.36. The molecule has 1 aliphatic heterocycles. The summed E-state index contributed by atoms with van der Waals surface area (Å²) >= 11 is 0. The quantitative estimate of drug-likeness (QED) is 0.817. The number of nitrogens with zero attached hydrogens (tertiary/aromatic N) is 1. The van der Waals surface area contributed by atoms with E-state index in [9.17, 15) is 0 Å². The molecule has 0 amide bonds. The molecule has 0 saturated carbocycles. The molecule has 1 saturated heterocycles. The fourth-order valence-corrected chi connectivity index (χ4v) is 1.86. The van der Waals surface area contributed by atoms with Gasteiger partial charge in [-0.2, -0.15) is 0 Å². The van der Waals surface area contributed by atoms with Crippen LogP contribution in [0.2, 0.25) is 0 Å². The van der Waals surface area contributed by atoms with Gasteiger partial charge in [0.1, 0.15) is 5.76 Å². The molecule has 2 heterocycles. The number of hydrogen-bond acceptors (Lipinski definition) is 4. The van der Waals surface area contributed by atoms with Crippen LogP contribution in [0.1, 0.15) is 36.8 Å². The van der Waals surface area contributed by atoms with Crippen LogP contribution in [0.15, 0.2) is 10.6 Å². The van der Waals surface area contributed by atoms with Crippen molar-refractivity contribution in [2.45, 2.75) is 31.6 Å². The average molecular weight is 210 g/mol. The summed E-state index contributed by atoms with van der Waals surface area (Å²) in [7, 11) is 0. The van der Waals surface area contributed by atoms with Gasteiger partial charge in [0.15, 0.2) is 5.89 Å². The van der Waals surface area contributed by atoms with Gasteiger partial charge in [0.25, 0.3) is 0 Å². The van der Waals surface area contributed by atoms with E-state index in [4.69, 9.17) is 14.9 Å². The lowest BCUT2D eigenvalue weighted by Crippen LogP contribution is -2.13. The largest absolute Gasteiger partial charge is 0.445 e. The molecule has 1 aliphatic rings. The lowest BCUT2D eigenvalue weighted by molar-refractivity contribution is 0.0803. The third-order valence-electron chi connectivity index (χ3n) is 2.79. The first-order valence-corrected chi connectivity index (χ1v) is 5.62. The summed E-state index contributed by atoms with van der Waals surface area (Å²) in [5.74, 6) is 2.34. The van der Waals surface area contributed by atoms with Crippen LogP contribution in [0.25, 0.3) is 0 Å². The summed E-state index contributed by atoms with van der Waals surface area (Å²) in [6.07, 6.45) is 5.74. The van der Waals surface area contributed by atoms with Crippen molar-refractivity contribution in [3.8, 4) is 0 Å². The second-order valence-corrected chi connectivity index (χ2v) is 3.94. The molecule has 2 rings (SSSR count). The zero-order valence-corrected chi connectivity index (χ0v) is 8.95. The third kappa shape index (κ3) is 2.79. The Morgan fingerprint density at radius 3 is 2.93 bits per heavy atom. The molecule has 4 nitrogen and oxygen atoms in total. The highest BCUT2D eigenvalue weighted by Crippen LogP contribution is 2.27. The number of rotatable bonds is 4. The predicted molar refractivity (Wildman–Crippen MR) is 56.7 cm³/mol. The number of hydrogen-bond donors (Lipinski definition) is 1. The van der Waals surface area contributed by atoms with Crippen molar-refractivity contribution in [1.82, 2.24) is 4.98 Å². The lowest BCUT2D eigenvalue weighted by atomic mass is 9.98. The highest BCUT2D eigenvalue weighted by atomic mass is 16.5. The molecule has 84 valence electrons. The third-order valence-corrected chi connectivity index (χ3v) is 2.79. The van der Waals surface area contributed by atoms with E-state index in [1.165, 1.54) is 0 Å². The van der Waals surface area contributed by atoms with E-state index in [1.807, 2.05) is 6.20 Å². The topological polar surface area (TPSA) is 61.3 Å². The molecule has 0 bridgehead atoms. The second kappa shape index (κ2) is 5.28. The lowest BCUT2D eigenvalue weighted by Gasteiger charge is -2.19. The number of ether oxygens (including phenoxy) is 1. The molecule has 4 heteroatoms. The second-order valence-electron chi connectivity index (χ2n) is 3.94. The van der Waals surface area contributed by atoms with Crippen molar-refractivity contribution in [3.63, 3.8) is 0 Å². The van der Waals surface area contributed by atoms with Gasteiger partial charge in [0, 0.05) is 25.6 Å². The SMILES string of the molecule is NCCCc1ncc(C2CCOCC2)o1. The van der Waals surface area contributed by atoms with E-state index in [2.05, 4.69) is 4.98 Å². The maximum Gasteiger partial charge on any atom is 0.194 e. The Hall–Kier alpha value is -0.870. The monoisotopic (exact) mass is 210 g/mol. The van der Waals surface area contributed by atoms with E-state index >= 15 is 0 Å². The van der Waals surface area contributed by atoms with Crippen LogP contribution in [-0.2, 0) is 11.2 Å². The Bertz CT molecular complexity index is 293. The minimum absolute atomic E-state index is 0.498. The van der Waals surface area contributed by atoms with Gasteiger partial charge in [0.2, 0.25) is 0 Å². The number of nitrogens with two attached hydrogens (primary N) is 1. The standard InChI is InChI=1S/C11H18N2O2/c12-5-1-2-11-13-8-10(15-11)9-3-6-14-7-4-9/h8-9H,1-7,12H2. The van der Waals surface area contributed by atoms with Crippen molar-refractivity contribution in [3.05, 3.63) is 17.8 Å². The van der Waals surface area contributed by atoms with Crippen LogP contribution < -0.4 is 5.73 Å². The molecular weight excluding hydrogens is 192 g/mol. The molecule has 0 aromatic carbocycles. The van der Waals surface area contributed by atoms with Crippen LogP contribution in [0.3, 0.4) is 0 Å². The summed E-state index contributed by atoms with van der Waals surface area (Å²) in [4.78, 5) is 4.27. The fourth-order valence-electron chi connectivity index (χ4n) is 1.86. The fraction of sp³-hybridized carbons (Fsp3) is 0.727. The van der Waals surface area contributed by atoms with E-state index in [0.29, 0.717) is 12.5 Å². The van der Waals surface area contributed by atoms with E-state index in [-0.39, 0.29) is 0 Å². The number of aryl methyl sites for hydroxylation is 1. The highest BCUT2D eigenvalue weighted by molar-refractivity contribution is 5.02. The van der Waals surface area contributed by atoms with Crippen molar-refractivity contribution >= 4 is 0 Å². The van der Waals surface area contributed by atoms with E-state index in [0.717, 1.165) is 50.5 Å². The van der Waals surface area contributed by atoms with Crippen LogP contribution in [0.4, 0.5) is 0 Å². The molecule has 15 heavy (non-hydrogen) atoms. The summed E-state index contributed by atoms with van der Waals surface area (Å²) in [5, 5.41) is 0. The van der Waals surface area contributed by atoms with Crippen molar-refractivity contribution in [2.24, 2.45) is 5.73 Å². The molecule has 0 spiro atoms. The van der Waals surface area contributed by atoms with Crippen molar-refractivity contribution < 1.29 is 9.15 Å². The minimum Gasteiger partial charge on any atom is -0.445 e. The molecule has 0 atom stereocenters. The molecule has 0 aliphatic carbocycles. The van der Waals surface area contributed by atoms with Gasteiger partial charge in [-0.15, -0.1) is 0 Å². The van der Waals surface area contributed by atoms with Crippen molar-refractivity contribution in [1.29, 1.82) is 0 Å². The van der Waals surface area contributed by atoms with Crippen LogP contribution in [-0.4, -0.2) is 24.7 Å². The Morgan fingerprint density at radius 2 is 2.20 bits per heavy atom. The van der Waals surface area contributed by atoms with Gasteiger partial charge < -0.3 is 14.9 Å². The summed E-state index contributed by atoms with van der Waals surface area (Å²) < 4.78 is 11.0. The van der Waals surface area contributed by atoms with Crippen LogP contribution >= 0.6 is 0 Å². The molecule has 2 N–H and O–H groups in total. The highest BCUT2D eigenvalue weighted by Gasteiger charge is 2.19. The first kappa shape index (κ1) is 10.6. The zero-order chi connectivity index (χ0) is 10.5. The molecule has 1 aromatic heterocycles. The van der Waals surface area contributed by atoms with Crippen LogP contribution in [0, 0.1) is 0 Å². The maximum atomic E-state index is 5.70. The van der Waals surface area contributed by atoms with Crippen LogP contribution in [0.5, 0.6) is 0 Å². The average Bonchev–Trinajstić information content (AvgIpc) is 2.76. The van der Waals surface area contributed by atoms with Gasteiger partial charge >= 0.3 is 0 Å². The zero-order valence-electron chi connectivity index (χ0n) is 8.95. The minimum atomic E-state index is 0.498. The molecular formula is C11H18N2O2. The molecule has 0 unspecified atom stereocenters. The van der Waals surface area contributed by atoms with Crippen molar-refractivity contribution in [2.75, 3.05) is 19.8 Å². The molecule has 0 radical (unpaired) electrons. The molecule has 1 fully saturated rings. The van der Waals surface area contributed by atoms with Gasteiger partial charge in [-0.05, 0) is 25.8 Å². The van der Waals surface area contributed by atoms with E-state index in [1.54, 1.807) is 0 Å². The smallest absolute Gasteiger partial charge is 0.194 e. The first-order chi connectivity index (χ1) is 7.40. The van der Waals surface area contributed by atoms with Gasteiger partial charge in [-0.25, -0.2) is 4.98 Å². The maximum absolute atomic E-state index is 5.70. The predicted octanol–water partition coefficient (Wildman–Crippen LogP) is 1.46. The van der Waals surface area contributed by atoms with Gasteiger partial charge in [0.05, 0.1) is 6.20 Å². The summed E-state index contributed by atoms with van der Waals surface area (Å²) in [6, 6.07) is 0. The Kier molecular flexibility index (Phi) is 3.75. The Labute approximate surface area is 89.8 Å². The number of oxazole rings is 1. The first-order valence-electron chi connectivity index (χ1n) is 5.62. The van der Waals surface area contributed by atoms with E-state index < -0.39 is 0 Å². The Morgan fingerprint density at radius 1 is 1.40 bits per heavy atom. The number of aromatic nitrogens is 1.